The molecular formula is C19H23ClN2O2S. The second-order valence-electron chi connectivity index (χ2n) is 5.70. The monoisotopic (exact) mass is 378 g/mol. The van der Waals surface area contributed by atoms with Crippen molar-refractivity contribution in [2.45, 2.75) is 26.2 Å². The van der Waals surface area contributed by atoms with E-state index in [-0.39, 0.29) is 0 Å². The zero-order chi connectivity index (χ0) is 18.4. The van der Waals surface area contributed by atoms with E-state index in [1.807, 2.05) is 12.1 Å². The van der Waals surface area contributed by atoms with Gasteiger partial charge in [0, 0.05) is 17.8 Å². The Kier molecular flexibility index (Phi) is 6.91. The number of hydrogen-bond acceptors (Lipinski definition) is 3. The summed E-state index contributed by atoms with van der Waals surface area (Å²) in [6.45, 7) is 4.40. The first-order valence-corrected chi connectivity index (χ1v) is 8.86. The van der Waals surface area contributed by atoms with Gasteiger partial charge in [-0.05, 0) is 42.3 Å². The van der Waals surface area contributed by atoms with E-state index in [4.69, 9.17) is 33.3 Å². The van der Waals surface area contributed by atoms with Crippen LogP contribution in [-0.4, -0.2) is 19.3 Å². The van der Waals surface area contributed by atoms with Crippen LogP contribution >= 0.6 is 23.8 Å². The smallest absolute Gasteiger partial charge is 0.175 e. The standard InChI is InChI=1S/C19H23ClN2O2S/c1-5-12(2)13-6-8-14(9-7-13)21-19(25)22-16-11-17(23-3)15(20)10-18(16)24-4/h6-12H,5H2,1-4H3,(H2,21,22,25)/t12-/m1/s1. The molecule has 2 N–H and O–H groups in total. The zero-order valence-electron chi connectivity index (χ0n) is 14.9. The molecule has 2 rings (SSSR count). The fraction of sp³-hybridized carbons (Fsp3) is 0.316. The molecule has 134 valence electrons. The van der Waals surface area contributed by atoms with E-state index in [2.05, 4.69) is 36.6 Å². The summed E-state index contributed by atoms with van der Waals surface area (Å²) in [4.78, 5) is 0. The maximum atomic E-state index is 6.12. The van der Waals surface area contributed by atoms with E-state index in [9.17, 15) is 0 Å². The molecule has 0 bridgehead atoms. The van der Waals surface area contributed by atoms with Crippen molar-refractivity contribution in [3.05, 3.63) is 47.0 Å². The molecule has 0 heterocycles. The van der Waals surface area contributed by atoms with Crippen molar-refractivity contribution in [2.24, 2.45) is 0 Å². The molecule has 25 heavy (non-hydrogen) atoms. The number of anilines is 2. The predicted octanol–water partition coefficient (Wildman–Crippen LogP) is 5.68. The predicted molar refractivity (Wildman–Crippen MR) is 110 cm³/mol. The van der Waals surface area contributed by atoms with Crippen molar-refractivity contribution in [1.82, 2.24) is 0 Å². The Hall–Kier alpha value is -1.98. The van der Waals surface area contributed by atoms with Gasteiger partial charge < -0.3 is 20.1 Å². The summed E-state index contributed by atoms with van der Waals surface area (Å²) in [5.41, 5.74) is 2.91. The normalized spacial score (nSPS) is 11.6. The van der Waals surface area contributed by atoms with Crippen LogP contribution in [0.2, 0.25) is 5.02 Å². The van der Waals surface area contributed by atoms with Crippen molar-refractivity contribution in [2.75, 3.05) is 24.9 Å². The first kappa shape index (κ1) is 19.3. The van der Waals surface area contributed by atoms with Gasteiger partial charge in [0.2, 0.25) is 0 Å². The molecule has 0 spiro atoms. The highest BCUT2D eigenvalue weighted by atomic mass is 35.5. The fourth-order valence-electron chi connectivity index (χ4n) is 2.37. The van der Waals surface area contributed by atoms with Gasteiger partial charge in [-0.2, -0.15) is 0 Å². The third kappa shape index (κ3) is 5.00. The molecule has 0 aliphatic carbocycles. The van der Waals surface area contributed by atoms with Gasteiger partial charge in [-0.25, -0.2) is 0 Å². The van der Waals surface area contributed by atoms with E-state index in [0.717, 1.165) is 12.1 Å². The Labute approximate surface area is 159 Å². The van der Waals surface area contributed by atoms with Gasteiger partial charge in [-0.15, -0.1) is 0 Å². The number of hydrogen-bond donors (Lipinski definition) is 2. The third-order valence-corrected chi connectivity index (χ3v) is 4.57. The molecular weight excluding hydrogens is 356 g/mol. The first-order valence-electron chi connectivity index (χ1n) is 8.08. The van der Waals surface area contributed by atoms with Gasteiger partial charge in [0.05, 0.1) is 24.9 Å². The molecule has 2 aromatic carbocycles. The molecule has 0 aliphatic heterocycles. The van der Waals surface area contributed by atoms with Gasteiger partial charge >= 0.3 is 0 Å². The Morgan fingerprint density at radius 1 is 1.08 bits per heavy atom. The average Bonchev–Trinajstić information content (AvgIpc) is 2.62. The maximum absolute atomic E-state index is 6.12. The summed E-state index contributed by atoms with van der Waals surface area (Å²) in [5, 5.41) is 7.22. The minimum atomic E-state index is 0.457. The number of methoxy groups -OCH3 is 2. The van der Waals surface area contributed by atoms with Crippen molar-refractivity contribution in [1.29, 1.82) is 0 Å². The van der Waals surface area contributed by atoms with Crippen molar-refractivity contribution in [3.63, 3.8) is 0 Å². The molecule has 1 atom stereocenters. The summed E-state index contributed by atoms with van der Waals surface area (Å²) in [6, 6.07) is 11.7. The highest BCUT2D eigenvalue weighted by molar-refractivity contribution is 7.80. The topological polar surface area (TPSA) is 42.5 Å². The average molecular weight is 379 g/mol. The molecule has 0 radical (unpaired) electrons. The van der Waals surface area contributed by atoms with Gasteiger partial charge in [-0.1, -0.05) is 37.6 Å². The lowest BCUT2D eigenvalue weighted by molar-refractivity contribution is 0.405. The molecule has 4 nitrogen and oxygen atoms in total. The maximum Gasteiger partial charge on any atom is 0.175 e. The van der Waals surface area contributed by atoms with Crippen LogP contribution in [0, 0.1) is 0 Å². The van der Waals surface area contributed by atoms with E-state index < -0.39 is 0 Å². The SMILES string of the molecule is CC[C@@H](C)c1ccc(NC(=S)Nc2cc(OC)c(Cl)cc2OC)cc1. The minimum Gasteiger partial charge on any atom is -0.495 e. The Bertz CT molecular complexity index is 735. The molecule has 0 saturated heterocycles. The van der Waals surface area contributed by atoms with Crippen molar-refractivity contribution >= 4 is 40.3 Å². The zero-order valence-corrected chi connectivity index (χ0v) is 16.4. The molecule has 0 unspecified atom stereocenters. The second kappa shape index (κ2) is 8.92. The van der Waals surface area contributed by atoms with Crippen molar-refractivity contribution in [3.8, 4) is 11.5 Å². The Morgan fingerprint density at radius 3 is 2.28 bits per heavy atom. The molecule has 0 saturated carbocycles. The lowest BCUT2D eigenvalue weighted by Crippen LogP contribution is -2.19. The van der Waals surface area contributed by atoms with Crippen LogP contribution in [0.5, 0.6) is 11.5 Å². The van der Waals surface area contributed by atoms with Gasteiger partial charge in [-0.3, -0.25) is 0 Å². The van der Waals surface area contributed by atoms with Crippen LogP contribution in [0.25, 0.3) is 0 Å². The van der Waals surface area contributed by atoms with Gasteiger partial charge in [0.15, 0.2) is 5.11 Å². The summed E-state index contributed by atoms with van der Waals surface area (Å²) in [7, 11) is 3.14. The number of halogens is 1. The first-order chi connectivity index (χ1) is 12.0. The highest BCUT2D eigenvalue weighted by Gasteiger charge is 2.11. The fourth-order valence-corrected chi connectivity index (χ4v) is 2.83. The van der Waals surface area contributed by atoms with Crippen LogP contribution in [0.1, 0.15) is 31.7 Å². The van der Waals surface area contributed by atoms with Gasteiger partial charge in [0.25, 0.3) is 0 Å². The van der Waals surface area contributed by atoms with Crippen molar-refractivity contribution < 1.29 is 9.47 Å². The van der Waals surface area contributed by atoms with Crippen LogP contribution in [0.4, 0.5) is 11.4 Å². The Balaban J connectivity index is 2.09. The van der Waals surface area contributed by atoms with Crippen LogP contribution in [-0.2, 0) is 0 Å². The summed E-state index contributed by atoms with van der Waals surface area (Å²) < 4.78 is 10.6. The number of thiocarbonyl (C=S) groups is 1. The van der Waals surface area contributed by atoms with Crippen LogP contribution in [0.15, 0.2) is 36.4 Å². The molecule has 0 aliphatic rings. The largest absolute Gasteiger partial charge is 0.495 e. The second-order valence-corrected chi connectivity index (χ2v) is 6.51. The number of rotatable bonds is 6. The summed E-state index contributed by atoms with van der Waals surface area (Å²) in [6.07, 6.45) is 1.12. The quantitative estimate of drug-likeness (QED) is 0.633. The number of benzene rings is 2. The molecule has 0 amide bonds. The van der Waals surface area contributed by atoms with E-state index in [0.29, 0.717) is 33.2 Å². The summed E-state index contributed by atoms with van der Waals surface area (Å²) >= 11 is 11.5. The van der Waals surface area contributed by atoms with Gasteiger partial charge in [0.1, 0.15) is 11.5 Å². The lowest BCUT2D eigenvalue weighted by atomic mass is 9.99. The van der Waals surface area contributed by atoms with E-state index in [1.165, 1.54) is 5.56 Å². The van der Waals surface area contributed by atoms with E-state index >= 15 is 0 Å². The molecule has 0 fully saturated rings. The third-order valence-electron chi connectivity index (χ3n) is 4.07. The minimum absolute atomic E-state index is 0.457. The van der Waals surface area contributed by atoms with Crippen LogP contribution < -0.4 is 20.1 Å². The molecule has 2 aromatic rings. The lowest BCUT2D eigenvalue weighted by Gasteiger charge is -2.16. The van der Waals surface area contributed by atoms with Crippen LogP contribution in [0.3, 0.4) is 0 Å². The number of ether oxygens (including phenoxy) is 2. The molecule has 0 aromatic heterocycles. The van der Waals surface area contributed by atoms with E-state index in [1.54, 1.807) is 26.4 Å². The molecule has 6 heteroatoms. The number of nitrogens with one attached hydrogen (secondary N) is 2. The summed E-state index contributed by atoms with van der Waals surface area (Å²) in [5.74, 6) is 1.68. The highest BCUT2D eigenvalue weighted by Crippen LogP contribution is 2.35. The Morgan fingerprint density at radius 2 is 1.72 bits per heavy atom.